The molecule has 0 amide bonds. The van der Waals surface area contributed by atoms with Gasteiger partial charge in [0.05, 0.1) is 0 Å². The first kappa shape index (κ1) is 64.1. The van der Waals surface area contributed by atoms with Crippen molar-refractivity contribution < 1.29 is 214 Å². The quantitative estimate of drug-likeness (QED) is 0.0458. The number of halogens is 38. The molecule has 0 spiro atoms. The molecule has 0 radical (unpaired) electrons. The fourth-order valence-corrected chi connectivity index (χ4v) is 6.37. The van der Waals surface area contributed by atoms with E-state index >= 15 is 79.0 Å². The molecule has 4 saturated carbocycles. The molecule has 0 saturated heterocycles. The summed E-state index contributed by atoms with van der Waals surface area (Å²) in [6.45, 7) is 0. The third kappa shape index (κ3) is 7.54. The van der Waals surface area contributed by atoms with Crippen LogP contribution in [0.3, 0.4) is 0 Å². The second kappa shape index (κ2) is 16.9. The highest BCUT2D eigenvalue weighted by Crippen LogP contribution is 2.90. The van der Waals surface area contributed by atoms with E-state index in [1.54, 1.807) is 14.2 Å². The summed E-state index contributed by atoms with van der Waals surface area (Å²) in [4.78, 5) is 33.1. The van der Waals surface area contributed by atoms with E-state index in [0.717, 1.165) is 4.74 Å². The topological polar surface area (TPSA) is 116 Å². The van der Waals surface area contributed by atoms with Crippen LogP contribution in [0.25, 0.3) is 0 Å². The highest BCUT2D eigenvalue weighted by Gasteiger charge is 3.24. The first-order chi connectivity index (χ1) is 32.5. The van der Waals surface area contributed by atoms with Crippen LogP contribution in [-0.2, 0) is 47.5 Å². The molecule has 0 heterocycles. The molecule has 10 nitrogen and oxygen atoms in total. The number of rotatable bonds is 17. The van der Waals surface area contributed by atoms with Crippen molar-refractivity contribution in [1.82, 2.24) is 0 Å². The summed E-state index contributed by atoms with van der Waals surface area (Å²) in [5, 5.41) is 0. The molecule has 4 aliphatic rings. The minimum atomic E-state index is -10.4. The van der Waals surface area contributed by atoms with Crippen molar-refractivity contribution in [3.8, 4) is 0 Å². The number of hydrogen-bond donors (Lipinski definition) is 0. The molecule has 4 fully saturated rings. The largest absolute Gasteiger partial charge is 0.496 e. The van der Waals surface area contributed by atoms with Gasteiger partial charge in [0.15, 0.2) is 0 Å². The Bertz CT molecular complexity index is 2340. The summed E-state index contributed by atoms with van der Waals surface area (Å²) >= 11 is 0. The maximum absolute atomic E-state index is 16.6. The van der Waals surface area contributed by atoms with Gasteiger partial charge in [0.1, 0.15) is 0 Å². The lowest BCUT2D eigenvalue weighted by Crippen LogP contribution is -3.12. The monoisotopic (exact) mass is 1210 g/mol. The average molecular weight is 1210 g/mol. The van der Waals surface area contributed by atoms with Crippen molar-refractivity contribution in [2.45, 2.75) is 107 Å². The third-order valence-electron chi connectivity index (χ3n) is 9.44. The zero-order valence-electron chi connectivity index (χ0n) is 31.9. The third-order valence-corrected chi connectivity index (χ3v) is 9.44. The highest BCUT2D eigenvalue weighted by molar-refractivity contribution is 5.87. The predicted molar refractivity (Wildman–Crippen MR) is 135 cm³/mol. The van der Waals surface area contributed by atoms with Gasteiger partial charge >= 0.3 is 126 Å². The predicted octanol–water partition coefficient (Wildman–Crippen LogP) is 11.4. The normalized spacial score (nSPS) is 28.4. The molecule has 4 rings (SSSR count). The number of alkyl halides is 29. The maximum atomic E-state index is 16.6. The Balaban J connectivity index is 2.84. The minimum Gasteiger partial charge on any atom is -0.389 e. The molecular formula is C27F38O10. The van der Waals surface area contributed by atoms with Crippen LogP contribution in [0.5, 0.6) is 0 Å². The van der Waals surface area contributed by atoms with Crippen LogP contribution in [0.2, 0.25) is 0 Å². The number of esters is 3. The zero-order chi connectivity index (χ0) is 60.1. The van der Waals surface area contributed by atoms with Crippen LogP contribution in [0, 0.1) is 0 Å². The molecule has 75 heavy (non-hydrogen) atoms. The molecule has 434 valence electrons. The van der Waals surface area contributed by atoms with Crippen LogP contribution in [0.1, 0.15) is 0 Å². The molecule has 0 N–H and O–H groups in total. The van der Waals surface area contributed by atoms with E-state index < -0.39 is 161 Å². The summed E-state index contributed by atoms with van der Waals surface area (Å²) in [5.74, 6) is -88.6. The van der Waals surface area contributed by atoms with Gasteiger partial charge in [-0.15, -0.1) is 0 Å². The molecule has 0 aliphatic heterocycles. The average Bonchev–Trinajstić information content (AvgIpc) is 3.18. The number of hydrogen-bond acceptors (Lipinski definition) is 10. The Kier molecular flexibility index (Phi) is 14.4. The van der Waals surface area contributed by atoms with E-state index in [4.69, 9.17) is 0 Å². The fraction of sp³-hybridized carbons (Fsp3) is 0.667. The second-order valence-electron chi connectivity index (χ2n) is 13.6. The lowest BCUT2D eigenvalue weighted by atomic mass is 9.38. The standard InChI is InChI=1S/C27F38O10/c28-1(4(31)32)7(66)69-21(53,54)24(59,60)72-11-14(38,39)10(37)15(40,41)12(17(11,44)45,73-25(61,62)22(55,56)70-8(67)2(29)5(33)34)19(48,49)13(16(10,42)43,18(11,46)47)74-27(65,20(50,51)52)75-26(63,64)23(57,58)71-9(68)3(30)6(35)36. The SMILES string of the molecule is O=C(OC(F)(F)C(F)(F)OC(F)(OC12C(F)(F)C3(F)C(F)(F)C(OC(F)(F)C(F)(F)OC(=O)C(F)=C(F)F)(C(F)(F)C(OC(F)(F)C(F)(F)OC(=O)C(F)=C(F)F)(C3(F)F)C1(F)F)C2(F)F)C(F)(F)F)C(F)=C(F)F. The van der Waals surface area contributed by atoms with Gasteiger partial charge in [-0.1, -0.05) is 0 Å². The van der Waals surface area contributed by atoms with Gasteiger partial charge in [-0.05, 0) is 0 Å². The lowest BCUT2D eigenvalue weighted by molar-refractivity contribution is -0.683. The van der Waals surface area contributed by atoms with Crippen molar-refractivity contribution in [3.05, 3.63) is 35.7 Å². The van der Waals surface area contributed by atoms with Gasteiger partial charge in [0.25, 0.3) is 34.3 Å². The number of carbonyl (C=O) groups excluding carboxylic acids is 3. The van der Waals surface area contributed by atoms with Crippen LogP contribution in [0.4, 0.5) is 167 Å². The molecule has 4 bridgehead atoms. The van der Waals surface area contributed by atoms with E-state index in [0.29, 0.717) is 0 Å². The molecule has 4 aliphatic carbocycles. The van der Waals surface area contributed by atoms with Crippen LogP contribution >= 0.6 is 0 Å². The van der Waals surface area contributed by atoms with Crippen LogP contribution < -0.4 is 0 Å². The first-order valence-electron chi connectivity index (χ1n) is 16.2. The van der Waals surface area contributed by atoms with Crippen molar-refractivity contribution in [2.75, 3.05) is 0 Å². The van der Waals surface area contributed by atoms with E-state index in [9.17, 15) is 102 Å². The highest BCUT2D eigenvalue weighted by atomic mass is 19.4. The molecule has 0 aromatic heterocycles. The molecule has 0 aromatic rings. The van der Waals surface area contributed by atoms with Crippen LogP contribution in [0.15, 0.2) is 35.7 Å². The van der Waals surface area contributed by atoms with Gasteiger partial charge in [-0.3, -0.25) is 14.2 Å². The molecule has 0 aromatic carbocycles. The van der Waals surface area contributed by atoms with Gasteiger partial charge in [-0.2, -0.15) is 162 Å². The Morgan fingerprint density at radius 1 is 0.293 bits per heavy atom. The van der Waals surface area contributed by atoms with E-state index in [-0.39, 0.29) is 0 Å². The summed E-state index contributed by atoms with van der Waals surface area (Å²) in [6, 6.07) is -9.64. The van der Waals surface area contributed by atoms with E-state index in [2.05, 4.69) is 0 Å². The van der Waals surface area contributed by atoms with E-state index in [1.165, 1.54) is 14.2 Å². The Morgan fingerprint density at radius 2 is 0.507 bits per heavy atom. The van der Waals surface area contributed by atoms with Crippen molar-refractivity contribution in [2.24, 2.45) is 0 Å². The minimum absolute atomic E-state index is 1.13. The van der Waals surface area contributed by atoms with Gasteiger partial charge in [0.2, 0.25) is 0 Å². The first-order valence-corrected chi connectivity index (χ1v) is 16.2. The summed E-state index contributed by atoms with van der Waals surface area (Å²) < 4.78 is 569. The Labute approximate surface area is 376 Å². The number of ether oxygens (including phenoxy) is 7. The van der Waals surface area contributed by atoms with Gasteiger partial charge in [-0.25, -0.2) is 23.5 Å². The molecular weight excluding hydrogens is 1210 g/mol. The lowest BCUT2D eigenvalue weighted by Gasteiger charge is -2.77. The fourth-order valence-electron chi connectivity index (χ4n) is 6.37. The smallest absolute Gasteiger partial charge is 0.389 e. The maximum Gasteiger partial charge on any atom is 0.496 e. The van der Waals surface area contributed by atoms with Crippen molar-refractivity contribution in [3.63, 3.8) is 0 Å². The van der Waals surface area contributed by atoms with Gasteiger partial charge < -0.3 is 14.2 Å². The molecule has 3 atom stereocenters. The Morgan fingerprint density at radius 3 is 0.720 bits per heavy atom. The second-order valence-corrected chi connectivity index (χ2v) is 13.6. The molecule has 48 heteroatoms. The van der Waals surface area contributed by atoms with Crippen LogP contribution in [-0.4, -0.2) is 125 Å². The van der Waals surface area contributed by atoms with Crippen molar-refractivity contribution >= 4 is 17.9 Å². The summed E-state index contributed by atoms with van der Waals surface area (Å²) in [6.07, 6.45) is -75.8. The summed E-state index contributed by atoms with van der Waals surface area (Å²) in [7, 11) is 0. The summed E-state index contributed by atoms with van der Waals surface area (Å²) in [5.41, 5.74) is -41.0. The van der Waals surface area contributed by atoms with Gasteiger partial charge in [0, 0.05) is 0 Å². The zero-order valence-corrected chi connectivity index (χ0v) is 31.9. The number of carbonyl (C=O) groups is 3. The Hall–Kier alpha value is -5.19. The van der Waals surface area contributed by atoms with Crippen molar-refractivity contribution in [1.29, 1.82) is 0 Å². The van der Waals surface area contributed by atoms with E-state index in [1.807, 2.05) is 0 Å². The molecule has 3 unspecified atom stereocenters.